The first-order valence-corrected chi connectivity index (χ1v) is 9.44. The van der Waals surface area contributed by atoms with Crippen LogP contribution in [0.1, 0.15) is 36.5 Å². The van der Waals surface area contributed by atoms with Crippen LogP contribution >= 0.6 is 23.2 Å². The zero-order valence-electron chi connectivity index (χ0n) is 13.4. The van der Waals surface area contributed by atoms with E-state index < -0.39 is 10.0 Å². The van der Waals surface area contributed by atoms with E-state index in [-0.39, 0.29) is 9.92 Å². The Morgan fingerprint density at radius 3 is 2.17 bits per heavy atom. The summed E-state index contributed by atoms with van der Waals surface area (Å²) < 4.78 is 27.7. The lowest BCUT2D eigenvalue weighted by molar-refractivity contribution is 0.601. The van der Waals surface area contributed by atoms with E-state index in [1.54, 1.807) is 13.0 Å². The van der Waals surface area contributed by atoms with Crippen molar-refractivity contribution in [2.45, 2.75) is 38.5 Å². The molecule has 23 heavy (non-hydrogen) atoms. The van der Waals surface area contributed by atoms with Gasteiger partial charge < -0.3 is 0 Å². The van der Waals surface area contributed by atoms with Crippen LogP contribution in [0.25, 0.3) is 0 Å². The Kier molecular flexibility index (Phi) is 5.29. The van der Waals surface area contributed by atoms with E-state index in [2.05, 4.69) is 18.6 Å². The van der Waals surface area contributed by atoms with E-state index >= 15 is 0 Å². The Balaban J connectivity index is 2.39. The molecule has 124 valence electrons. The topological polar surface area (TPSA) is 46.2 Å². The van der Waals surface area contributed by atoms with Crippen LogP contribution < -0.4 is 4.72 Å². The molecule has 0 unspecified atom stereocenters. The van der Waals surface area contributed by atoms with Gasteiger partial charge in [-0.2, -0.15) is 0 Å². The summed E-state index contributed by atoms with van der Waals surface area (Å²) in [6.45, 7) is 7.90. The fraction of sp³-hybridized carbons (Fsp3) is 0.294. The van der Waals surface area contributed by atoms with Gasteiger partial charge in [-0.15, -0.1) is 0 Å². The summed E-state index contributed by atoms with van der Waals surface area (Å²) in [6, 6.07) is 8.44. The van der Waals surface area contributed by atoms with Crippen LogP contribution in [0.4, 0.5) is 5.69 Å². The maximum Gasteiger partial charge on any atom is 0.263 e. The van der Waals surface area contributed by atoms with Crippen molar-refractivity contribution in [3.05, 3.63) is 57.1 Å². The molecule has 3 nitrogen and oxygen atoms in total. The fourth-order valence-electron chi connectivity index (χ4n) is 2.43. The second kappa shape index (κ2) is 6.71. The average molecular weight is 372 g/mol. The lowest BCUT2D eigenvalue weighted by Gasteiger charge is -2.14. The Morgan fingerprint density at radius 1 is 0.957 bits per heavy atom. The molecule has 0 aliphatic heterocycles. The molecule has 0 saturated carbocycles. The highest BCUT2D eigenvalue weighted by atomic mass is 35.5. The molecule has 2 rings (SSSR count). The first-order chi connectivity index (χ1) is 10.6. The molecule has 6 heteroatoms. The highest BCUT2D eigenvalue weighted by Crippen LogP contribution is 2.30. The molecule has 1 N–H and O–H groups in total. The van der Waals surface area contributed by atoms with Crippen LogP contribution in [0.3, 0.4) is 0 Å². The molecule has 0 bridgehead atoms. The summed E-state index contributed by atoms with van der Waals surface area (Å²) in [5.41, 5.74) is 3.39. The van der Waals surface area contributed by atoms with Gasteiger partial charge in [-0.1, -0.05) is 43.1 Å². The maximum atomic E-state index is 12.6. The molecule has 0 fully saturated rings. The van der Waals surface area contributed by atoms with Crippen LogP contribution in [-0.4, -0.2) is 8.42 Å². The van der Waals surface area contributed by atoms with Crippen LogP contribution in [0.5, 0.6) is 0 Å². The van der Waals surface area contributed by atoms with Crippen molar-refractivity contribution in [2.75, 3.05) is 4.72 Å². The van der Waals surface area contributed by atoms with Gasteiger partial charge in [0.1, 0.15) is 4.90 Å². The quantitative estimate of drug-likeness (QED) is 0.767. The third-order valence-corrected chi connectivity index (χ3v) is 5.90. The molecule has 0 atom stereocenters. The largest absolute Gasteiger partial charge is 0.280 e. The van der Waals surface area contributed by atoms with Gasteiger partial charge in [0, 0.05) is 10.7 Å². The number of hydrogen-bond donors (Lipinski definition) is 1. The summed E-state index contributed by atoms with van der Waals surface area (Å²) in [7, 11) is -3.77. The van der Waals surface area contributed by atoms with Gasteiger partial charge in [-0.3, -0.25) is 4.72 Å². The van der Waals surface area contributed by atoms with Crippen molar-refractivity contribution in [2.24, 2.45) is 0 Å². The zero-order chi connectivity index (χ0) is 17.4. The van der Waals surface area contributed by atoms with Gasteiger partial charge in [0.15, 0.2) is 0 Å². The number of aryl methyl sites for hydroxylation is 2. The minimum atomic E-state index is -3.77. The van der Waals surface area contributed by atoms with E-state index in [1.807, 2.05) is 19.1 Å². The zero-order valence-corrected chi connectivity index (χ0v) is 15.8. The number of halogens is 2. The van der Waals surface area contributed by atoms with E-state index in [0.717, 1.165) is 5.56 Å². The smallest absolute Gasteiger partial charge is 0.263 e. The third-order valence-electron chi connectivity index (χ3n) is 3.65. The molecule has 0 radical (unpaired) electrons. The summed E-state index contributed by atoms with van der Waals surface area (Å²) in [5.74, 6) is 0.383. The van der Waals surface area contributed by atoms with Crippen LogP contribution in [0.2, 0.25) is 10.0 Å². The summed E-state index contributed by atoms with van der Waals surface area (Å²) >= 11 is 12.0. The molecule has 0 heterocycles. The van der Waals surface area contributed by atoms with Crippen molar-refractivity contribution >= 4 is 38.9 Å². The maximum absolute atomic E-state index is 12.6. The minimum absolute atomic E-state index is 0.0201. The predicted octanol–water partition coefficient (Wildman–Crippen LogP) is 5.53. The van der Waals surface area contributed by atoms with Gasteiger partial charge in [-0.05, 0) is 60.7 Å². The van der Waals surface area contributed by atoms with Gasteiger partial charge in [0.2, 0.25) is 0 Å². The number of hydrogen-bond acceptors (Lipinski definition) is 2. The third kappa shape index (κ3) is 4.00. The lowest BCUT2D eigenvalue weighted by atomic mass is 9.98. The van der Waals surface area contributed by atoms with E-state index in [1.165, 1.54) is 17.7 Å². The molecule has 2 aromatic rings. The molecule has 0 amide bonds. The van der Waals surface area contributed by atoms with Crippen molar-refractivity contribution in [1.82, 2.24) is 0 Å². The fourth-order valence-corrected chi connectivity index (χ4v) is 4.32. The SMILES string of the molecule is Cc1cc(S(=O)(=O)Nc2ccc(C(C)C)c(C)c2)c(Cl)cc1Cl. The predicted molar refractivity (Wildman–Crippen MR) is 97.3 cm³/mol. The highest BCUT2D eigenvalue weighted by molar-refractivity contribution is 7.92. The van der Waals surface area contributed by atoms with Gasteiger partial charge in [-0.25, -0.2) is 8.42 Å². The summed E-state index contributed by atoms with van der Waals surface area (Å²) in [4.78, 5) is 0.0201. The number of benzene rings is 2. The number of sulfonamides is 1. The molecule has 0 aromatic heterocycles. The van der Waals surface area contributed by atoms with Gasteiger partial charge >= 0.3 is 0 Å². The van der Waals surface area contributed by atoms with Crippen molar-refractivity contribution < 1.29 is 8.42 Å². The molecule has 0 aliphatic carbocycles. The molecule has 0 aliphatic rings. The monoisotopic (exact) mass is 371 g/mol. The second-order valence-corrected chi connectivity index (χ2v) is 8.33. The summed E-state index contributed by atoms with van der Waals surface area (Å²) in [5, 5.41) is 0.537. The molecular weight excluding hydrogens is 353 g/mol. The van der Waals surface area contributed by atoms with Crippen LogP contribution in [0, 0.1) is 13.8 Å². The van der Waals surface area contributed by atoms with Crippen LogP contribution in [-0.2, 0) is 10.0 Å². The van der Waals surface area contributed by atoms with E-state index in [0.29, 0.717) is 22.2 Å². The van der Waals surface area contributed by atoms with Crippen molar-refractivity contribution in [1.29, 1.82) is 0 Å². The number of nitrogens with one attached hydrogen (secondary N) is 1. The first-order valence-electron chi connectivity index (χ1n) is 7.21. The standard InChI is InChI=1S/C17H19Cl2NO2S/c1-10(2)14-6-5-13(7-11(14)3)20-23(21,22)17-8-12(4)15(18)9-16(17)19/h5-10,20H,1-4H3. The minimum Gasteiger partial charge on any atom is -0.280 e. The first kappa shape index (κ1) is 18.1. The summed E-state index contributed by atoms with van der Waals surface area (Å²) in [6.07, 6.45) is 0. The molecule has 0 saturated heterocycles. The van der Waals surface area contributed by atoms with Crippen LogP contribution in [0.15, 0.2) is 35.2 Å². The Morgan fingerprint density at radius 2 is 1.61 bits per heavy atom. The van der Waals surface area contributed by atoms with Crippen molar-refractivity contribution in [3.8, 4) is 0 Å². The Bertz CT molecular complexity index is 846. The normalized spacial score (nSPS) is 11.8. The number of anilines is 1. The van der Waals surface area contributed by atoms with Gasteiger partial charge in [0.05, 0.1) is 5.02 Å². The van der Waals surface area contributed by atoms with E-state index in [4.69, 9.17) is 23.2 Å². The molecular formula is C17H19Cl2NO2S. The highest BCUT2D eigenvalue weighted by Gasteiger charge is 2.20. The number of rotatable bonds is 4. The van der Waals surface area contributed by atoms with Gasteiger partial charge in [0.25, 0.3) is 10.0 Å². The second-order valence-electron chi connectivity index (χ2n) is 5.86. The average Bonchev–Trinajstić information content (AvgIpc) is 2.41. The molecule has 0 spiro atoms. The Labute approximate surface area is 147 Å². The molecule has 2 aromatic carbocycles. The Hall–Kier alpha value is -1.23. The lowest BCUT2D eigenvalue weighted by Crippen LogP contribution is -2.14. The van der Waals surface area contributed by atoms with Crippen molar-refractivity contribution in [3.63, 3.8) is 0 Å². The van der Waals surface area contributed by atoms with E-state index in [9.17, 15) is 8.42 Å².